The van der Waals surface area contributed by atoms with Gasteiger partial charge in [0, 0.05) is 33.9 Å². The van der Waals surface area contributed by atoms with Crippen molar-refractivity contribution in [3.63, 3.8) is 0 Å². The van der Waals surface area contributed by atoms with E-state index < -0.39 is 0 Å². The summed E-state index contributed by atoms with van der Waals surface area (Å²) in [6.07, 6.45) is 2.21. The maximum Gasteiger partial charge on any atom is 0.225 e. The fraction of sp³-hybridized carbons (Fsp3) is 0.278. The second-order valence-electron chi connectivity index (χ2n) is 5.92. The Bertz CT molecular complexity index is 851. The van der Waals surface area contributed by atoms with Crippen LogP contribution in [-0.4, -0.2) is 24.0 Å². The summed E-state index contributed by atoms with van der Waals surface area (Å²) in [7, 11) is 1.68. The maximum absolute atomic E-state index is 12.2. The van der Waals surface area contributed by atoms with Crippen LogP contribution in [0.25, 0.3) is 10.9 Å². The zero-order chi connectivity index (χ0) is 15.8. The van der Waals surface area contributed by atoms with Gasteiger partial charge < -0.3 is 15.0 Å². The van der Waals surface area contributed by atoms with Gasteiger partial charge in [0.25, 0.3) is 0 Å². The Kier molecular flexibility index (Phi) is 3.58. The Morgan fingerprint density at radius 3 is 3.09 bits per heavy atom. The number of carbonyl (C=O) groups is 1. The number of nitrogens with one attached hydrogen (secondary N) is 2. The van der Waals surface area contributed by atoms with Crippen LogP contribution in [-0.2, 0) is 24.1 Å². The molecular weight excluding hydrogens is 308 g/mol. The number of carbonyl (C=O) groups excluding carboxylic acids is 1. The van der Waals surface area contributed by atoms with E-state index in [-0.39, 0.29) is 11.9 Å². The van der Waals surface area contributed by atoms with E-state index in [1.807, 2.05) is 23.6 Å². The minimum atomic E-state index is 0.101. The van der Waals surface area contributed by atoms with Crippen LogP contribution in [0.4, 0.5) is 0 Å². The third-order valence-corrected chi connectivity index (χ3v) is 5.26. The molecule has 1 aromatic carbocycles. The monoisotopic (exact) mass is 326 g/mol. The molecule has 118 valence electrons. The van der Waals surface area contributed by atoms with E-state index in [0.29, 0.717) is 6.42 Å². The topological polar surface area (TPSA) is 54.1 Å². The summed E-state index contributed by atoms with van der Waals surface area (Å²) in [4.78, 5) is 16.7. The third kappa shape index (κ3) is 2.72. The molecule has 1 atom stereocenters. The molecule has 0 saturated heterocycles. The van der Waals surface area contributed by atoms with E-state index in [4.69, 9.17) is 4.74 Å². The van der Waals surface area contributed by atoms with Crippen LogP contribution in [0.15, 0.2) is 35.7 Å². The molecule has 3 aromatic rings. The smallest absolute Gasteiger partial charge is 0.225 e. The average Bonchev–Trinajstić information content (AvgIpc) is 3.23. The van der Waals surface area contributed by atoms with E-state index in [9.17, 15) is 4.79 Å². The lowest BCUT2D eigenvalue weighted by Gasteiger charge is -2.12. The number of hydrogen-bond acceptors (Lipinski definition) is 3. The van der Waals surface area contributed by atoms with Gasteiger partial charge in [0.15, 0.2) is 0 Å². The zero-order valence-corrected chi connectivity index (χ0v) is 13.7. The first kappa shape index (κ1) is 14.3. The molecule has 0 bridgehead atoms. The van der Waals surface area contributed by atoms with Crippen molar-refractivity contribution in [2.45, 2.75) is 25.3 Å². The number of rotatable bonds is 4. The summed E-state index contributed by atoms with van der Waals surface area (Å²) < 4.78 is 5.32. The Hall–Kier alpha value is -2.27. The molecule has 0 spiro atoms. The molecule has 2 aromatic heterocycles. The predicted molar refractivity (Wildman–Crippen MR) is 92.2 cm³/mol. The quantitative estimate of drug-likeness (QED) is 0.774. The fourth-order valence-corrected chi connectivity index (χ4v) is 4.04. The number of aromatic amines is 1. The zero-order valence-electron chi connectivity index (χ0n) is 12.9. The van der Waals surface area contributed by atoms with Gasteiger partial charge in [-0.15, -0.1) is 11.3 Å². The van der Waals surface area contributed by atoms with Crippen LogP contribution >= 0.6 is 11.3 Å². The molecule has 4 rings (SSSR count). The normalized spacial score (nSPS) is 16.5. The van der Waals surface area contributed by atoms with Gasteiger partial charge in [-0.1, -0.05) is 6.07 Å². The highest BCUT2D eigenvalue weighted by Crippen LogP contribution is 2.32. The van der Waals surface area contributed by atoms with Gasteiger partial charge in [-0.25, -0.2) is 0 Å². The molecule has 0 saturated carbocycles. The van der Waals surface area contributed by atoms with Gasteiger partial charge in [0.1, 0.15) is 5.75 Å². The molecule has 0 aliphatic heterocycles. The van der Waals surface area contributed by atoms with Gasteiger partial charge in [0.05, 0.1) is 13.5 Å². The van der Waals surface area contributed by atoms with Crippen LogP contribution in [0.2, 0.25) is 0 Å². The summed E-state index contributed by atoms with van der Waals surface area (Å²) in [6.45, 7) is 0. The molecule has 0 radical (unpaired) electrons. The first-order chi connectivity index (χ1) is 11.2. The number of thiophene rings is 1. The largest absolute Gasteiger partial charge is 0.497 e. The van der Waals surface area contributed by atoms with Crippen LogP contribution in [0, 0.1) is 0 Å². The molecule has 2 N–H and O–H groups in total. The molecule has 4 nitrogen and oxygen atoms in total. The lowest BCUT2D eigenvalue weighted by Crippen LogP contribution is -2.36. The Labute approximate surface area is 138 Å². The molecule has 5 heteroatoms. The number of hydrogen-bond donors (Lipinski definition) is 2. The number of ether oxygens (including phenoxy) is 1. The first-order valence-corrected chi connectivity index (χ1v) is 8.60. The van der Waals surface area contributed by atoms with Crippen molar-refractivity contribution in [3.8, 4) is 5.75 Å². The second-order valence-corrected chi connectivity index (χ2v) is 6.95. The number of H-pyrrole nitrogens is 1. The summed E-state index contributed by atoms with van der Waals surface area (Å²) in [5.41, 5.74) is 3.68. The average molecular weight is 326 g/mol. The molecule has 1 amide bonds. The van der Waals surface area contributed by atoms with E-state index >= 15 is 0 Å². The number of benzene rings is 1. The van der Waals surface area contributed by atoms with Gasteiger partial charge >= 0.3 is 0 Å². The van der Waals surface area contributed by atoms with Crippen LogP contribution in [0.5, 0.6) is 5.75 Å². The first-order valence-electron chi connectivity index (χ1n) is 7.72. The third-order valence-electron chi connectivity index (χ3n) is 4.38. The number of fused-ring (bicyclic) bond motifs is 3. The van der Waals surface area contributed by atoms with E-state index in [1.54, 1.807) is 18.4 Å². The minimum Gasteiger partial charge on any atom is -0.497 e. The SMILES string of the molecule is COc1ccc2[nH]c3c(c2c1)CC(NC(=O)Cc1cccs1)C3. The highest BCUT2D eigenvalue weighted by molar-refractivity contribution is 7.10. The van der Waals surface area contributed by atoms with Crippen molar-refractivity contribution in [1.82, 2.24) is 10.3 Å². The van der Waals surface area contributed by atoms with E-state index in [2.05, 4.69) is 22.4 Å². The van der Waals surface area contributed by atoms with Crippen molar-refractivity contribution in [2.75, 3.05) is 7.11 Å². The van der Waals surface area contributed by atoms with Crippen molar-refractivity contribution in [2.24, 2.45) is 0 Å². The van der Waals surface area contributed by atoms with Crippen molar-refractivity contribution < 1.29 is 9.53 Å². The summed E-state index contributed by atoms with van der Waals surface area (Å²) in [6, 6.07) is 10.2. The lowest BCUT2D eigenvalue weighted by molar-refractivity contribution is -0.121. The molecule has 1 aliphatic rings. The molecule has 1 aliphatic carbocycles. The van der Waals surface area contributed by atoms with E-state index in [1.165, 1.54) is 16.6 Å². The van der Waals surface area contributed by atoms with Crippen molar-refractivity contribution in [1.29, 1.82) is 0 Å². The van der Waals surface area contributed by atoms with Gasteiger partial charge in [-0.3, -0.25) is 4.79 Å². The van der Waals surface area contributed by atoms with Gasteiger partial charge in [-0.05, 0) is 41.6 Å². The minimum absolute atomic E-state index is 0.101. The highest BCUT2D eigenvalue weighted by Gasteiger charge is 2.26. The summed E-state index contributed by atoms with van der Waals surface area (Å²) in [5.74, 6) is 0.967. The molecule has 0 fully saturated rings. The Morgan fingerprint density at radius 1 is 1.39 bits per heavy atom. The Balaban J connectivity index is 1.48. The van der Waals surface area contributed by atoms with Crippen molar-refractivity contribution in [3.05, 3.63) is 51.8 Å². The fourth-order valence-electron chi connectivity index (χ4n) is 3.33. The standard InChI is InChI=1S/C18H18N2O2S/c1-22-12-4-5-16-15(9-12)14-7-11(8-17(14)20-16)19-18(21)10-13-3-2-6-23-13/h2-6,9,11,20H,7-8,10H2,1H3,(H,19,21). The molecule has 23 heavy (non-hydrogen) atoms. The number of methoxy groups -OCH3 is 1. The second kappa shape index (κ2) is 5.74. The molecule has 1 unspecified atom stereocenters. The van der Waals surface area contributed by atoms with Crippen LogP contribution < -0.4 is 10.1 Å². The van der Waals surface area contributed by atoms with Gasteiger partial charge in [-0.2, -0.15) is 0 Å². The van der Waals surface area contributed by atoms with Crippen molar-refractivity contribution >= 4 is 28.1 Å². The number of amides is 1. The van der Waals surface area contributed by atoms with E-state index in [0.717, 1.165) is 29.0 Å². The summed E-state index contributed by atoms with van der Waals surface area (Å²) >= 11 is 1.62. The summed E-state index contributed by atoms with van der Waals surface area (Å²) in [5, 5.41) is 6.37. The maximum atomic E-state index is 12.2. The lowest BCUT2D eigenvalue weighted by atomic mass is 10.1. The van der Waals surface area contributed by atoms with Crippen LogP contribution in [0.3, 0.4) is 0 Å². The van der Waals surface area contributed by atoms with Crippen LogP contribution in [0.1, 0.15) is 16.1 Å². The number of aromatic nitrogens is 1. The molecule has 2 heterocycles. The highest BCUT2D eigenvalue weighted by atomic mass is 32.1. The van der Waals surface area contributed by atoms with Gasteiger partial charge in [0.2, 0.25) is 5.91 Å². The Morgan fingerprint density at radius 2 is 2.30 bits per heavy atom. The molecular formula is C18H18N2O2S. The predicted octanol–water partition coefficient (Wildman–Crippen LogP) is 3.06.